The highest BCUT2D eigenvalue weighted by Crippen LogP contribution is 2.40. The predicted octanol–water partition coefficient (Wildman–Crippen LogP) is 5.89. The Morgan fingerprint density at radius 2 is 1.33 bits per heavy atom. The fourth-order valence-corrected chi connectivity index (χ4v) is 3.63. The largest absolute Gasteiger partial charge is 0.465 e. The van der Waals surface area contributed by atoms with Crippen molar-refractivity contribution in [1.29, 1.82) is 0 Å². The van der Waals surface area contributed by atoms with Crippen molar-refractivity contribution in [3.8, 4) is 28.0 Å². The number of methoxy groups -OCH3 is 1. The molecule has 0 radical (unpaired) electrons. The lowest BCUT2D eigenvalue weighted by Gasteiger charge is -2.16. The van der Waals surface area contributed by atoms with Crippen LogP contribution in [-0.4, -0.2) is 19.0 Å². The number of hydrogen-bond acceptors (Lipinski definition) is 4. The maximum atomic E-state index is 12.6. The minimum absolute atomic E-state index is 0.329. The van der Waals surface area contributed by atoms with Gasteiger partial charge in [-0.15, -0.1) is 0 Å². The zero-order valence-corrected chi connectivity index (χ0v) is 16.7. The van der Waals surface area contributed by atoms with Gasteiger partial charge in [0.15, 0.2) is 0 Å². The second-order valence-corrected chi connectivity index (χ2v) is 6.87. The van der Waals surface area contributed by atoms with E-state index in [1.54, 1.807) is 6.07 Å². The van der Waals surface area contributed by atoms with Gasteiger partial charge in [-0.2, -0.15) is 0 Å². The number of rotatable bonds is 4. The van der Waals surface area contributed by atoms with Crippen LogP contribution in [0.15, 0.2) is 84.9 Å². The van der Waals surface area contributed by atoms with Crippen LogP contribution in [-0.2, 0) is 9.53 Å². The Bertz CT molecular complexity index is 1230. The summed E-state index contributed by atoms with van der Waals surface area (Å²) in [5, 5.41) is 1.55. The molecule has 4 aromatic rings. The molecule has 0 amide bonds. The molecule has 0 unspecified atom stereocenters. The summed E-state index contributed by atoms with van der Waals surface area (Å²) in [5.41, 5.74) is 4.01. The average molecular weight is 396 g/mol. The number of benzene rings is 4. The first-order valence-corrected chi connectivity index (χ1v) is 9.57. The summed E-state index contributed by atoms with van der Waals surface area (Å²) in [6, 6.07) is 27.1. The normalized spacial score (nSPS) is 10.6. The lowest BCUT2D eigenvalue weighted by molar-refractivity contribution is -0.131. The van der Waals surface area contributed by atoms with Gasteiger partial charge in [-0.1, -0.05) is 72.8 Å². The summed E-state index contributed by atoms with van der Waals surface area (Å²) in [6.07, 6.45) is 0. The van der Waals surface area contributed by atoms with Gasteiger partial charge in [-0.25, -0.2) is 4.79 Å². The summed E-state index contributed by atoms with van der Waals surface area (Å²) >= 11 is 0. The zero-order chi connectivity index (χ0) is 21.1. The van der Waals surface area contributed by atoms with Gasteiger partial charge in [0, 0.05) is 17.9 Å². The topological polar surface area (TPSA) is 52.6 Å². The first kappa shape index (κ1) is 19.4. The third kappa shape index (κ3) is 3.67. The van der Waals surface area contributed by atoms with Gasteiger partial charge >= 0.3 is 11.9 Å². The quantitative estimate of drug-likeness (QED) is 0.319. The molecule has 30 heavy (non-hydrogen) atoms. The Kier molecular flexibility index (Phi) is 5.31. The average Bonchev–Trinajstić information content (AvgIpc) is 2.79. The molecule has 4 nitrogen and oxygen atoms in total. The van der Waals surface area contributed by atoms with Crippen molar-refractivity contribution >= 4 is 22.7 Å². The van der Waals surface area contributed by atoms with E-state index in [1.165, 1.54) is 14.0 Å². The van der Waals surface area contributed by atoms with Gasteiger partial charge in [-0.3, -0.25) is 4.79 Å². The molecule has 0 aliphatic carbocycles. The van der Waals surface area contributed by atoms with Crippen LogP contribution in [0.5, 0.6) is 5.75 Å². The first-order chi connectivity index (χ1) is 14.6. The Labute approximate surface area is 174 Å². The van der Waals surface area contributed by atoms with E-state index in [0.717, 1.165) is 33.0 Å². The highest BCUT2D eigenvalue weighted by molar-refractivity contribution is 6.11. The molecule has 0 saturated carbocycles. The molecule has 0 aliphatic rings. The van der Waals surface area contributed by atoms with E-state index < -0.39 is 11.9 Å². The second-order valence-electron chi connectivity index (χ2n) is 6.87. The van der Waals surface area contributed by atoms with Gasteiger partial charge in [0.1, 0.15) is 5.75 Å². The molecule has 0 aromatic heterocycles. The maximum absolute atomic E-state index is 12.6. The van der Waals surface area contributed by atoms with Crippen LogP contribution in [0, 0.1) is 0 Å². The van der Waals surface area contributed by atoms with Crippen LogP contribution in [0.1, 0.15) is 17.3 Å². The van der Waals surface area contributed by atoms with E-state index >= 15 is 0 Å². The van der Waals surface area contributed by atoms with E-state index in [1.807, 2.05) is 78.9 Å². The lowest BCUT2D eigenvalue weighted by Crippen LogP contribution is -2.08. The highest BCUT2D eigenvalue weighted by atomic mass is 16.5. The van der Waals surface area contributed by atoms with Crippen molar-refractivity contribution < 1.29 is 19.1 Å². The standard InChI is InChI=1S/C26H20O4/c1-17(27)30-24-16-23(26(28)29-2)25(19-11-7-4-8-12-19)21-14-13-20(15-22(21)24)18-9-5-3-6-10-18/h3-16H,1-2H3. The number of carbonyl (C=O) groups excluding carboxylic acids is 2. The van der Waals surface area contributed by atoms with Crippen molar-refractivity contribution in [2.45, 2.75) is 6.92 Å². The third-order valence-corrected chi connectivity index (χ3v) is 4.93. The van der Waals surface area contributed by atoms with Crippen LogP contribution in [0.3, 0.4) is 0 Å². The monoisotopic (exact) mass is 396 g/mol. The summed E-state index contributed by atoms with van der Waals surface area (Å²) in [4.78, 5) is 24.4. The highest BCUT2D eigenvalue weighted by Gasteiger charge is 2.21. The lowest BCUT2D eigenvalue weighted by atomic mass is 9.90. The second kappa shape index (κ2) is 8.21. The molecule has 0 aliphatic heterocycles. The molecule has 0 bridgehead atoms. The number of ether oxygens (including phenoxy) is 2. The predicted molar refractivity (Wildman–Crippen MR) is 117 cm³/mol. The van der Waals surface area contributed by atoms with E-state index in [-0.39, 0.29) is 0 Å². The maximum Gasteiger partial charge on any atom is 0.338 e. The fourth-order valence-electron chi connectivity index (χ4n) is 3.63. The minimum atomic E-state index is -0.490. The van der Waals surface area contributed by atoms with E-state index in [2.05, 4.69) is 0 Å². The van der Waals surface area contributed by atoms with Crippen LogP contribution in [0.2, 0.25) is 0 Å². The summed E-state index contributed by atoms with van der Waals surface area (Å²) in [6.45, 7) is 1.34. The molecular weight excluding hydrogens is 376 g/mol. The molecule has 0 N–H and O–H groups in total. The van der Waals surface area contributed by atoms with Crippen LogP contribution in [0.4, 0.5) is 0 Å². The Hall–Kier alpha value is -3.92. The van der Waals surface area contributed by atoms with Crippen LogP contribution >= 0.6 is 0 Å². The van der Waals surface area contributed by atoms with Gasteiger partial charge in [-0.05, 0) is 34.2 Å². The van der Waals surface area contributed by atoms with Gasteiger partial charge in [0.25, 0.3) is 0 Å². The molecule has 148 valence electrons. The molecular formula is C26H20O4. The molecule has 0 spiro atoms. The van der Waals surface area contributed by atoms with E-state index in [0.29, 0.717) is 11.3 Å². The minimum Gasteiger partial charge on any atom is -0.465 e. The van der Waals surface area contributed by atoms with Gasteiger partial charge in [0.2, 0.25) is 0 Å². The smallest absolute Gasteiger partial charge is 0.338 e. The molecule has 0 saturated heterocycles. The SMILES string of the molecule is COC(=O)c1cc(OC(C)=O)c2cc(-c3ccccc3)ccc2c1-c1ccccc1. The van der Waals surface area contributed by atoms with Gasteiger partial charge in [0.05, 0.1) is 12.7 Å². The Morgan fingerprint density at radius 1 is 0.700 bits per heavy atom. The molecule has 0 fully saturated rings. The van der Waals surface area contributed by atoms with Crippen molar-refractivity contribution in [2.24, 2.45) is 0 Å². The summed E-state index contributed by atoms with van der Waals surface area (Å²) in [7, 11) is 1.34. The van der Waals surface area contributed by atoms with E-state index in [4.69, 9.17) is 9.47 Å². The number of carbonyl (C=O) groups is 2. The Morgan fingerprint density at radius 3 is 1.93 bits per heavy atom. The molecule has 0 atom stereocenters. The molecule has 4 aromatic carbocycles. The zero-order valence-electron chi connectivity index (χ0n) is 16.7. The van der Waals surface area contributed by atoms with Gasteiger partial charge < -0.3 is 9.47 Å². The Balaban J connectivity index is 2.07. The van der Waals surface area contributed by atoms with E-state index in [9.17, 15) is 9.59 Å². The number of fused-ring (bicyclic) bond motifs is 1. The fraction of sp³-hybridized carbons (Fsp3) is 0.0769. The first-order valence-electron chi connectivity index (χ1n) is 9.57. The molecule has 4 heteroatoms. The van der Waals surface area contributed by atoms with Crippen molar-refractivity contribution in [2.75, 3.05) is 7.11 Å². The molecule has 0 heterocycles. The van der Waals surface area contributed by atoms with Crippen LogP contribution in [0.25, 0.3) is 33.0 Å². The van der Waals surface area contributed by atoms with Crippen molar-refractivity contribution in [3.05, 3.63) is 90.5 Å². The number of hydrogen-bond donors (Lipinski definition) is 0. The van der Waals surface area contributed by atoms with Crippen molar-refractivity contribution in [3.63, 3.8) is 0 Å². The summed E-state index contributed by atoms with van der Waals surface area (Å²) in [5.74, 6) is -0.614. The van der Waals surface area contributed by atoms with Crippen LogP contribution < -0.4 is 4.74 Å². The molecule has 4 rings (SSSR count). The third-order valence-electron chi connectivity index (χ3n) is 4.93. The van der Waals surface area contributed by atoms with Crippen molar-refractivity contribution in [1.82, 2.24) is 0 Å². The number of esters is 2. The summed E-state index contributed by atoms with van der Waals surface area (Å²) < 4.78 is 10.5.